The summed E-state index contributed by atoms with van der Waals surface area (Å²) in [7, 11) is 1.68. The van der Waals surface area contributed by atoms with Crippen molar-refractivity contribution in [2.45, 2.75) is 13.8 Å². The van der Waals surface area contributed by atoms with Gasteiger partial charge in [0, 0.05) is 13.6 Å². The number of hydrogen-bond acceptors (Lipinski definition) is 2. The summed E-state index contributed by atoms with van der Waals surface area (Å²) in [6, 6.07) is 6.52. The second-order valence-corrected chi connectivity index (χ2v) is 5.52. The second kappa shape index (κ2) is 4.28. The molecule has 0 radical (unpaired) electrons. The van der Waals surface area contributed by atoms with Crippen LogP contribution >= 0.6 is 11.6 Å². The molecule has 0 saturated carbocycles. The molecule has 0 aromatic heterocycles. The molecular weight excluding hydrogens is 252 g/mol. The SMILES string of the molecule is CN1CC(C)(C)C(=O)N(c2ccccc2Cl)C1=O. The fourth-order valence-corrected chi connectivity index (χ4v) is 2.35. The van der Waals surface area contributed by atoms with Crippen molar-refractivity contribution in [3.05, 3.63) is 29.3 Å². The standard InChI is InChI=1S/C13H15ClN2O2/c1-13(2)8-15(3)12(18)16(11(13)17)10-7-5-4-6-9(10)14/h4-7H,8H2,1-3H3. The molecule has 0 N–H and O–H groups in total. The lowest BCUT2D eigenvalue weighted by Gasteiger charge is -2.41. The molecule has 1 aromatic rings. The molecule has 4 nitrogen and oxygen atoms in total. The first-order valence-corrected chi connectivity index (χ1v) is 6.06. The van der Waals surface area contributed by atoms with Gasteiger partial charge in [0.1, 0.15) is 0 Å². The lowest BCUT2D eigenvalue weighted by atomic mass is 9.89. The maximum Gasteiger partial charge on any atom is 0.331 e. The van der Waals surface area contributed by atoms with Crippen LogP contribution in [0.15, 0.2) is 24.3 Å². The summed E-state index contributed by atoms with van der Waals surface area (Å²) in [5, 5.41) is 0.394. The smallest absolute Gasteiger partial charge is 0.326 e. The third kappa shape index (κ3) is 1.97. The van der Waals surface area contributed by atoms with Crippen LogP contribution in [-0.2, 0) is 4.79 Å². The van der Waals surface area contributed by atoms with Gasteiger partial charge in [-0.1, -0.05) is 23.7 Å². The zero-order valence-electron chi connectivity index (χ0n) is 10.6. The van der Waals surface area contributed by atoms with E-state index in [1.807, 2.05) is 13.8 Å². The predicted octanol–water partition coefficient (Wildman–Crippen LogP) is 2.76. The summed E-state index contributed by atoms with van der Waals surface area (Å²) < 4.78 is 0. The van der Waals surface area contributed by atoms with Crippen molar-refractivity contribution in [3.63, 3.8) is 0 Å². The quantitative estimate of drug-likeness (QED) is 0.784. The van der Waals surface area contributed by atoms with Crippen molar-refractivity contribution in [3.8, 4) is 0 Å². The minimum Gasteiger partial charge on any atom is -0.326 e. The van der Waals surface area contributed by atoms with Gasteiger partial charge in [-0.15, -0.1) is 0 Å². The second-order valence-electron chi connectivity index (χ2n) is 5.11. The van der Waals surface area contributed by atoms with Crippen molar-refractivity contribution in [2.24, 2.45) is 5.41 Å². The topological polar surface area (TPSA) is 40.6 Å². The zero-order chi connectivity index (χ0) is 13.5. The van der Waals surface area contributed by atoms with Crippen LogP contribution in [-0.4, -0.2) is 30.4 Å². The number of carbonyl (C=O) groups excluding carboxylic acids is 2. The Morgan fingerprint density at radius 1 is 1.22 bits per heavy atom. The van der Waals surface area contributed by atoms with E-state index < -0.39 is 5.41 Å². The highest BCUT2D eigenvalue weighted by Gasteiger charge is 2.44. The summed E-state index contributed by atoms with van der Waals surface area (Å²) in [5.74, 6) is -0.223. The predicted molar refractivity (Wildman–Crippen MR) is 70.7 cm³/mol. The minimum absolute atomic E-state index is 0.223. The molecule has 0 aliphatic carbocycles. The number of nitrogens with zero attached hydrogens (tertiary/aromatic N) is 2. The van der Waals surface area contributed by atoms with Gasteiger partial charge < -0.3 is 4.90 Å². The van der Waals surface area contributed by atoms with Crippen molar-refractivity contribution >= 4 is 29.2 Å². The first-order valence-electron chi connectivity index (χ1n) is 5.69. The Labute approximate surface area is 111 Å². The molecule has 2 rings (SSSR count). The molecule has 96 valence electrons. The van der Waals surface area contributed by atoms with E-state index in [4.69, 9.17) is 11.6 Å². The zero-order valence-corrected chi connectivity index (χ0v) is 11.4. The molecule has 1 aliphatic rings. The number of anilines is 1. The number of carbonyl (C=O) groups is 2. The molecule has 1 fully saturated rings. The fourth-order valence-electron chi connectivity index (χ4n) is 2.13. The van der Waals surface area contributed by atoms with Crippen molar-refractivity contribution in [1.29, 1.82) is 0 Å². The molecule has 1 aliphatic heterocycles. The van der Waals surface area contributed by atoms with Crippen LogP contribution in [0.3, 0.4) is 0 Å². The van der Waals surface area contributed by atoms with E-state index in [1.54, 1.807) is 31.3 Å². The maximum absolute atomic E-state index is 12.4. The molecule has 18 heavy (non-hydrogen) atoms. The Balaban J connectivity index is 2.50. The van der Waals surface area contributed by atoms with Crippen molar-refractivity contribution in [2.75, 3.05) is 18.5 Å². The number of urea groups is 1. The Morgan fingerprint density at radius 3 is 2.44 bits per heavy atom. The van der Waals surface area contributed by atoms with E-state index >= 15 is 0 Å². The third-order valence-electron chi connectivity index (χ3n) is 3.03. The third-order valence-corrected chi connectivity index (χ3v) is 3.35. The molecule has 3 amide bonds. The van der Waals surface area contributed by atoms with E-state index in [-0.39, 0.29) is 11.9 Å². The lowest BCUT2D eigenvalue weighted by molar-refractivity contribution is -0.127. The number of rotatable bonds is 1. The van der Waals surface area contributed by atoms with Gasteiger partial charge in [-0.3, -0.25) is 4.79 Å². The van der Waals surface area contributed by atoms with Gasteiger partial charge in [0.2, 0.25) is 5.91 Å². The van der Waals surface area contributed by atoms with Gasteiger partial charge in [-0.05, 0) is 26.0 Å². The Morgan fingerprint density at radius 2 is 1.83 bits per heavy atom. The lowest BCUT2D eigenvalue weighted by Crippen LogP contribution is -2.59. The summed E-state index contributed by atoms with van der Waals surface area (Å²) >= 11 is 6.06. The van der Waals surface area contributed by atoms with Crippen molar-refractivity contribution in [1.82, 2.24) is 4.90 Å². The highest BCUT2D eigenvalue weighted by Crippen LogP contribution is 2.33. The van der Waals surface area contributed by atoms with Gasteiger partial charge >= 0.3 is 6.03 Å². The van der Waals surface area contributed by atoms with Gasteiger partial charge in [0.05, 0.1) is 16.1 Å². The maximum atomic E-state index is 12.4. The summed E-state index contributed by atoms with van der Waals surface area (Å²) in [5.41, 5.74) is -0.171. The van der Waals surface area contributed by atoms with E-state index in [0.29, 0.717) is 17.3 Å². The monoisotopic (exact) mass is 266 g/mol. The van der Waals surface area contributed by atoms with Crippen LogP contribution in [0.5, 0.6) is 0 Å². The van der Waals surface area contributed by atoms with E-state index in [2.05, 4.69) is 0 Å². The van der Waals surface area contributed by atoms with Crippen LogP contribution < -0.4 is 4.90 Å². The normalized spacial score (nSPS) is 19.3. The Kier molecular flexibility index (Phi) is 3.07. The number of halogens is 1. The Hall–Kier alpha value is -1.55. The summed E-state index contributed by atoms with van der Waals surface area (Å²) in [4.78, 5) is 27.2. The largest absolute Gasteiger partial charge is 0.331 e. The molecule has 1 saturated heterocycles. The number of hydrogen-bond donors (Lipinski definition) is 0. The fraction of sp³-hybridized carbons (Fsp3) is 0.385. The van der Waals surface area contributed by atoms with Crippen molar-refractivity contribution < 1.29 is 9.59 Å². The number of imide groups is 1. The van der Waals surface area contributed by atoms with E-state index in [0.717, 1.165) is 4.90 Å². The molecule has 0 atom stereocenters. The highest BCUT2D eigenvalue weighted by molar-refractivity contribution is 6.35. The van der Waals surface area contributed by atoms with Crippen LogP contribution in [0.2, 0.25) is 5.02 Å². The first-order chi connectivity index (χ1) is 8.34. The van der Waals surface area contributed by atoms with Gasteiger partial charge in [0.15, 0.2) is 0 Å². The van der Waals surface area contributed by atoms with Crippen LogP contribution in [0.4, 0.5) is 10.5 Å². The molecule has 5 heteroatoms. The average Bonchev–Trinajstić information content (AvgIpc) is 2.29. The Bertz CT molecular complexity index is 513. The van der Waals surface area contributed by atoms with Crippen LogP contribution in [0.25, 0.3) is 0 Å². The number of amides is 3. The molecular formula is C13H15ClN2O2. The number of benzene rings is 1. The van der Waals surface area contributed by atoms with Gasteiger partial charge in [0.25, 0.3) is 0 Å². The highest BCUT2D eigenvalue weighted by atomic mass is 35.5. The van der Waals surface area contributed by atoms with Gasteiger partial charge in [-0.2, -0.15) is 0 Å². The van der Waals surface area contributed by atoms with Crippen LogP contribution in [0.1, 0.15) is 13.8 Å². The molecule has 1 heterocycles. The summed E-state index contributed by atoms with van der Waals surface area (Å²) in [6.45, 7) is 4.05. The molecule has 1 aromatic carbocycles. The molecule has 0 spiro atoms. The van der Waals surface area contributed by atoms with E-state index in [9.17, 15) is 9.59 Å². The average molecular weight is 267 g/mol. The first kappa shape index (κ1) is 12.9. The van der Waals surface area contributed by atoms with E-state index in [1.165, 1.54) is 4.90 Å². The number of para-hydroxylation sites is 1. The molecule has 0 bridgehead atoms. The summed E-state index contributed by atoms with van der Waals surface area (Å²) in [6.07, 6.45) is 0. The van der Waals surface area contributed by atoms with Crippen LogP contribution in [0, 0.1) is 5.41 Å². The minimum atomic E-state index is -0.609. The molecule has 0 unspecified atom stereocenters. The van der Waals surface area contributed by atoms with Gasteiger partial charge in [-0.25, -0.2) is 9.69 Å².